The van der Waals surface area contributed by atoms with Crippen molar-refractivity contribution in [1.29, 1.82) is 0 Å². The Kier molecular flexibility index (Phi) is 1.40. The fourth-order valence-electron chi connectivity index (χ4n) is 1.13. The fourth-order valence-corrected chi connectivity index (χ4v) is 1.13. The van der Waals surface area contributed by atoms with Crippen molar-refractivity contribution in [2.75, 3.05) is 0 Å². The van der Waals surface area contributed by atoms with Crippen molar-refractivity contribution in [1.82, 2.24) is 0 Å². The van der Waals surface area contributed by atoms with Crippen LogP contribution in [0.5, 0.6) is 17.2 Å². The molecule has 0 aromatic heterocycles. The Balaban J connectivity index is 2.53. The fraction of sp³-hybridized carbons (Fsp3) is 0.250. The molecule has 3 nitrogen and oxygen atoms in total. The molecule has 0 atom stereocenters. The largest absolute Gasteiger partial charge is 0.586 e. The molecule has 0 spiro atoms. The number of aromatic hydroxyl groups is 1. The Hall–Kier alpha value is -1.52. The van der Waals surface area contributed by atoms with Crippen LogP contribution < -0.4 is 9.47 Å². The first-order chi connectivity index (χ1) is 5.99. The van der Waals surface area contributed by atoms with Crippen LogP contribution in [0.1, 0.15) is 5.56 Å². The Morgan fingerprint density at radius 1 is 1.31 bits per heavy atom. The summed E-state index contributed by atoms with van der Waals surface area (Å²) >= 11 is 0. The molecule has 1 N–H and O–H groups in total. The number of hydrogen-bond donors (Lipinski definition) is 1. The van der Waals surface area contributed by atoms with Gasteiger partial charge in [-0.15, -0.1) is 8.78 Å². The number of halogens is 2. The molecule has 2 rings (SSSR count). The first kappa shape index (κ1) is 8.10. The lowest BCUT2D eigenvalue weighted by atomic mass is 10.2. The third-order valence-electron chi connectivity index (χ3n) is 1.79. The van der Waals surface area contributed by atoms with Gasteiger partial charge in [-0.05, 0) is 19.1 Å². The SMILES string of the molecule is Cc1c(O)ccc2c1OC(F)(F)O2. The monoisotopic (exact) mass is 188 g/mol. The van der Waals surface area contributed by atoms with Crippen LogP contribution in [0.25, 0.3) is 0 Å². The summed E-state index contributed by atoms with van der Waals surface area (Å²) < 4.78 is 33.4. The molecule has 1 aromatic carbocycles. The van der Waals surface area contributed by atoms with E-state index in [1.54, 1.807) is 0 Å². The van der Waals surface area contributed by atoms with E-state index in [0.29, 0.717) is 0 Å². The lowest BCUT2D eigenvalue weighted by Crippen LogP contribution is -2.26. The van der Waals surface area contributed by atoms with Gasteiger partial charge in [-0.3, -0.25) is 0 Å². The Morgan fingerprint density at radius 3 is 2.69 bits per heavy atom. The Labute approximate surface area is 72.5 Å². The molecule has 0 aliphatic carbocycles. The van der Waals surface area contributed by atoms with E-state index in [9.17, 15) is 13.9 Å². The molecule has 0 unspecified atom stereocenters. The topological polar surface area (TPSA) is 38.7 Å². The zero-order valence-corrected chi connectivity index (χ0v) is 6.67. The molecule has 5 heteroatoms. The zero-order chi connectivity index (χ0) is 9.64. The summed E-state index contributed by atoms with van der Waals surface area (Å²) in [6, 6.07) is 2.51. The molecule has 1 aromatic rings. The lowest BCUT2D eigenvalue weighted by molar-refractivity contribution is -0.286. The minimum atomic E-state index is -3.62. The molecule has 1 aliphatic heterocycles. The Bertz CT molecular complexity index is 363. The van der Waals surface area contributed by atoms with Crippen molar-refractivity contribution in [3.05, 3.63) is 17.7 Å². The average molecular weight is 188 g/mol. The summed E-state index contributed by atoms with van der Waals surface area (Å²) in [6.45, 7) is 1.47. The second kappa shape index (κ2) is 2.25. The molecule has 1 heterocycles. The number of alkyl halides is 2. The predicted octanol–water partition coefficient (Wildman–Crippen LogP) is 2.02. The van der Waals surface area contributed by atoms with Crippen LogP contribution in [0.15, 0.2) is 12.1 Å². The van der Waals surface area contributed by atoms with Crippen LogP contribution in [0.3, 0.4) is 0 Å². The minimum absolute atomic E-state index is 0.0553. The molecular formula is C8H6F2O3. The molecule has 0 fully saturated rings. The third-order valence-corrected chi connectivity index (χ3v) is 1.79. The number of ether oxygens (including phenoxy) is 2. The second-order valence-electron chi connectivity index (χ2n) is 2.70. The van der Waals surface area contributed by atoms with Crippen molar-refractivity contribution in [2.45, 2.75) is 13.2 Å². The number of benzene rings is 1. The maximum atomic E-state index is 12.5. The minimum Gasteiger partial charge on any atom is -0.508 e. The maximum absolute atomic E-state index is 12.5. The molecule has 70 valence electrons. The predicted molar refractivity (Wildman–Crippen MR) is 39.0 cm³/mol. The summed E-state index contributed by atoms with van der Waals surface area (Å²) in [6.07, 6.45) is -3.62. The molecule has 1 aliphatic rings. The highest BCUT2D eigenvalue weighted by Crippen LogP contribution is 2.45. The molecule has 0 amide bonds. The van der Waals surface area contributed by atoms with Crippen LogP contribution in [0.4, 0.5) is 8.78 Å². The van der Waals surface area contributed by atoms with Crippen molar-refractivity contribution < 1.29 is 23.4 Å². The molecule has 0 bridgehead atoms. The molecule has 13 heavy (non-hydrogen) atoms. The van der Waals surface area contributed by atoms with Gasteiger partial charge in [0.15, 0.2) is 11.5 Å². The highest BCUT2D eigenvalue weighted by Gasteiger charge is 2.44. The first-order valence-corrected chi connectivity index (χ1v) is 3.58. The number of phenolic OH excluding ortho intramolecular Hbond substituents is 1. The maximum Gasteiger partial charge on any atom is 0.586 e. The van der Waals surface area contributed by atoms with Gasteiger partial charge in [0.05, 0.1) is 0 Å². The highest BCUT2D eigenvalue weighted by atomic mass is 19.3. The number of fused-ring (bicyclic) bond motifs is 1. The van der Waals surface area contributed by atoms with Crippen molar-refractivity contribution in [3.8, 4) is 17.2 Å². The van der Waals surface area contributed by atoms with E-state index in [-0.39, 0.29) is 22.8 Å². The van der Waals surface area contributed by atoms with Gasteiger partial charge in [0, 0.05) is 5.56 Å². The standard InChI is InChI=1S/C8H6F2O3/c1-4-5(11)2-3-6-7(4)13-8(9,10)12-6/h2-3,11H,1H3. The van der Waals surface area contributed by atoms with E-state index >= 15 is 0 Å². The van der Waals surface area contributed by atoms with Crippen LogP contribution in [0.2, 0.25) is 0 Å². The van der Waals surface area contributed by atoms with Gasteiger partial charge in [-0.25, -0.2) is 0 Å². The van der Waals surface area contributed by atoms with Crippen LogP contribution in [0, 0.1) is 6.92 Å². The van der Waals surface area contributed by atoms with Gasteiger partial charge in [-0.2, -0.15) is 0 Å². The molecule has 0 saturated carbocycles. The van der Waals surface area contributed by atoms with Crippen molar-refractivity contribution in [3.63, 3.8) is 0 Å². The van der Waals surface area contributed by atoms with Crippen LogP contribution in [-0.2, 0) is 0 Å². The van der Waals surface area contributed by atoms with E-state index in [1.165, 1.54) is 19.1 Å². The quantitative estimate of drug-likeness (QED) is 0.676. The molecule has 0 radical (unpaired) electrons. The van der Waals surface area contributed by atoms with Crippen LogP contribution in [-0.4, -0.2) is 11.4 Å². The van der Waals surface area contributed by atoms with E-state index in [1.807, 2.05) is 0 Å². The van der Waals surface area contributed by atoms with E-state index in [2.05, 4.69) is 9.47 Å². The van der Waals surface area contributed by atoms with E-state index in [0.717, 1.165) is 0 Å². The molecular weight excluding hydrogens is 182 g/mol. The summed E-state index contributed by atoms with van der Waals surface area (Å²) in [4.78, 5) is 0. The number of phenols is 1. The van der Waals surface area contributed by atoms with Gasteiger partial charge in [0.25, 0.3) is 0 Å². The number of hydrogen-bond acceptors (Lipinski definition) is 3. The molecule has 0 saturated heterocycles. The first-order valence-electron chi connectivity index (χ1n) is 3.58. The average Bonchev–Trinajstić information content (AvgIpc) is 2.34. The normalized spacial score (nSPS) is 17.5. The van der Waals surface area contributed by atoms with Gasteiger partial charge in [0.1, 0.15) is 5.75 Å². The zero-order valence-electron chi connectivity index (χ0n) is 6.67. The lowest BCUT2D eigenvalue weighted by Gasteiger charge is -2.05. The number of rotatable bonds is 0. The summed E-state index contributed by atoms with van der Waals surface area (Å²) in [5, 5.41) is 9.17. The third kappa shape index (κ3) is 1.16. The van der Waals surface area contributed by atoms with E-state index < -0.39 is 6.29 Å². The summed E-state index contributed by atoms with van der Waals surface area (Å²) in [5.74, 6) is -0.259. The summed E-state index contributed by atoms with van der Waals surface area (Å²) in [7, 11) is 0. The Morgan fingerprint density at radius 2 is 2.00 bits per heavy atom. The highest BCUT2D eigenvalue weighted by molar-refractivity contribution is 5.54. The van der Waals surface area contributed by atoms with Gasteiger partial charge >= 0.3 is 6.29 Å². The van der Waals surface area contributed by atoms with Gasteiger partial charge in [0.2, 0.25) is 0 Å². The van der Waals surface area contributed by atoms with Crippen LogP contribution >= 0.6 is 0 Å². The second-order valence-corrected chi connectivity index (χ2v) is 2.70. The van der Waals surface area contributed by atoms with E-state index in [4.69, 9.17) is 0 Å². The van der Waals surface area contributed by atoms with Gasteiger partial charge in [-0.1, -0.05) is 0 Å². The van der Waals surface area contributed by atoms with Crippen molar-refractivity contribution >= 4 is 0 Å². The van der Waals surface area contributed by atoms with Crippen molar-refractivity contribution in [2.24, 2.45) is 0 Å². The smallest absolute Gasteiger partial charge is 0.508 e. The summed E-state index contributed by atoms with van der Waals surface area (Å²) in [5.41, 5.74) is 0.245. The van der Waals surface area contributed by atoms with Gasteiger partial charge < -0.3 is 14.6 Å².